The fourth-order valence-corrected chi connectivity index (χ4v) is 4.66. The number of amides is 1. The average molecular weight is 388 g/mol. The number of rotatable bonds is 4. The van der Waals surface area contributed by atoms with Crippen molar-refractivity contribution in [1.29, 1.82) is 0 Å². The molecule has 0 aromatic heterocycles. The van der Waals surface area contributed by atoms with Gasteiger partial charge in [-0.25, -0.2) is 8.42 Å². The molecule has 0 fully saturated rings. The van der Waals surface area contributed by atoms with Crippen molar-refractivity contribution < 1.29 is 13.2 Å². The molecule has 1 aromatic rings. The van der Waals surface area contributed by atoms with Crippen LogP contribution in [0.15, 0.2) is 32.7 Å². The highest BCUT2D eigenvalue weighted by molar-refractivity contribution is 9.10. The molecule has 1 amide bonds. The van der Waals surface area contributed by atoms with Crippen molar-refractivity contribution in [3.63, 3.8) is 0 Å². The second-order valence-electron chi connectivity index (χ2n) is 4.77. The Morgan fingerprint density at radius 3 is 2.86 bits per heavy atom. The van der Waals surface area contributed by atoms with E-state index in [0.717, 1.165) is 4.47 Å². The van der Waals surface area contributed by atoms with E-state index in [-0.39, 0.29) is 11.4 Å². The molecule has 1 aliphatic heterocycles. The minimum absolute atomic E-state index is 0.208. The normalized spacial score (nSPS) is 20.8. The molecule has 8 nitrogen and oxygen atoms in total. The molecule has 118 valence electrons. The molecule has 1 aromatic carbocycles. The van der Waals surface area contributed by atoms with Crippen molar-refractivity contribution >= 4 is 31.9 Å². The number of likely N-dealkylation sites (N-methyl/N-ethyl adjacent to an activating group) is 1. The molecule has 0 spiro atoms. The van der Waals surface area contributed by atoms with E-state index in [2.05, 4.69) is 31.3 Å². The lowest BCUT2D eigenvalue weighted by Gasteiger charge is -2.22. The maximum Gasteiger partial charge on any atom is 0.243 e. The van der Waals surface area contributed by atoms with Crippen LogP contribution in [-0.2, 0) is 14.8 Å². The van der Waals surface area contributed by atoms with Gasteiger partial charge in [-0.05, 0) is 36.2 Å². The molecule has 10 heteroatoms. The number of nitrogens with one attached hydrogen (secondary N) is 1. The zero-order valence-electron chi connectivity index (χ0n) is 11.9. The molecule has 1 N–H and O–H groups in total. The third kappa shape index (κ3) is 2.82. The van der Waals surface area contributed by atoms with E-state index in [0.29, 0.717) is 5.56 Å². The fourth-order valence-electron chi connectivity index (χ4n) is 2.40. The number of fused-ring (bicyclic) bond motifs is 1. The van der Waals surface area contributed by atoms with E-state index in [1.807, 2.05) is 0 Å². The quantitative estimate of drug-likeness (QED) is 0.483. The van der Waals surface area contributed by atoms with E-state index in [1.165, 1.54) is 17.4 Å². The van der Waals surface area contributed by atoms with Gasteiger partial charge in [-0.15, -0.1) is 0 Å². The van der Waals surface area contributed by atoms with Crippen LogP contribution in [0.5, 0.6) is 0 Å². The fraction of sp³-hybridized carbons (Fsp3) is 0.417. The molecule has 0 bridgehead atoms. The minimum atomic E-state index is -3.72. The predicted molar refractivity (Wildman–Crippen MR) is 83.4 cm³/mol. The summed E-state index contributed by atoms with van der Waals surface area (Å²) in [5.41, 5.74) is 9.21. The van der Waals surface area contributed by atoms with Crippen LogP contribution in [0.3, 0.4) is 0 Å². The highest BCUT2D eigenvalue weighted by atomic mass is 79.9. The lowest BCUT2D eigenvalue weighted by molar-refractivity contribution is -0.122. The Bertz CT molecular complexity index is 760. The number of carbonyl (C=O) groups is 1. The Morgan fingerprint density at radius 2 is 2.27 bits per heavy atom. The number of nitrogens with zero attached hydrogens (tertiary/aromatic N) is 4. The van der Waals surface area contributed by atoms with Crippen molar-refractivity contribution in [1.82, 2.24) is 9.62 Å². The van der Waals surface area contributed by atoms with E-state index < -0.39 is 28.0 Å². The van der Waals surface area contributed by atoms with Gasteiger partial charge in [0.25, 0.3) is 0 Å². The third-order valence-electron chi connectivity index (χ3n) is 3.53. The summed E-state index contributed by atoms with van der Waals surface area (Å²) in [5, 5.41) is 5.76. The van der Waals surface area contributed by atoms with Crippen LogP contribution < -0.4 is 5.32 Å². The van der Waals surface area contributed by atoms with E-state index in [9.17, 15) is 13.2 Å². The van der Waals surface area contributed by atoms with Gasteiger partial charge in [-0.2, -0.15) is 4.31 Å². The first-order chi connectivity index (χ1) is 10.3. The Kier molecular flexibility index (Phi) is 4.76. The van der Waals surface area contributed by atoms with Crippen LogP contribution in [0.25, 0.3) is 10.4 Å². The summed E-state index contributed by atoms with van der Waals surface area (Å²) >= 11 is 3.32. The second-order valence-corrected chi connectivity index (χ2v) is 7.54. The molecular weight excluding hydrogens is 374 g/mol. The monoisotopic (exact) mass is 387 g/mol. The molecule has 2 unspecified atom stereocenters. The molecule has 22 heavy (non-hydrogen) atoms. The highest BCUT2D eigenvalue weighted by Crippen LogP contribution is 2.40. The molecule has 2 rings (SSSR count). The molecule has 1 aliphatic rings. The first-order valence-corrected chi connectivity index (χ1v) is 8.63. The molecule has 1 heterocycles. The number of benzene rings is 1. The van der Waals surface area contributed by atoms with Crippen LogP contribution in [0.1, 0.15) is 18.5 Å². The lowest BCUT2D eigenvalue weighted by atomic mass is 10.1. The van der Waals surface area contributed by atoms with Crippen molar-refractivity contribution in [2.45, 2.75) is 23.9 Å². The number of hydrogen-bond acceptors (Lipinski definition) is 4. The van der Waals surface area contributed by atoms with E-state index in [4.69, 9.17) is 5.53 Å². The van der Waals surface area contributed by atoms with Crippen LogP contribution in [0.4, 0.5) is 0 Å². The zero-order chi connectivity index (χ0) is 16.5. The number of halogens is 1. The van der Waals surface area contributed by atoms with Crippen molar-refractivity contribution in [3.8, 4) is 0 Å². The van der Waals surface area contributed by atoms with Gasteiger partial charge in [-0.1, -0.05) is 21.0 Å². The molecule has 0 aliphatic carbocycles. The van der Waals surface area contributed by atoms with Crippen LogP contribution in [0.2, 0.25) is 0 Å². The summed E-state index contributed by atoms with van der Waals surface area (Å²) in [7, 11) is -2.32. The number of sulfonamides is 1. The Hall–Kier alpha value is -1.61. The van der Waals surface area contributed by atoms with E-state index >= 15 is 0 Å². The molecule has 0 saturated heterocycles. The molecule has 2 atom stereocenters. The molecule has 0 saturated carbocycles. The van der Waals surface area contributed by atoms with Crippen LogP contribution >= 0.6 is 15.9 Å². The largest absolute Gasteiger partial charge is 0.359 e. The lowest BCUT2D eigenvalue weighted by Crippen LogP contribution is -2.41. The number of carbonyl (C=O) groups excluding carboxylic acids is 1. The van der Waals surface area contributed by atoms with Gasteiger partial charge in [0.05, 0.1) is 4.90 Å². The van der Waals surface area contributed by atoms with Gasteiger partial charge in [-0.3, -0.25) is 4.79 Å². The standard InChI is InChI=1S/C12H14BrN5O3S/c1-7-9-5-8(13)3-4-11(9)22(20,21)18(7)6-10(16-17-14)12(19)15-2/h3-5,7,10H,6H2,1-2H3,(H,15,19). The smallest absolute Gasteiger partial charge is 0.243 e. The summed E-state index contributed by atoms with van der Waals surface area (Å²) in [5.74, 6) is -0.530. The van der Waals surface area contributed by atoms with Crippen molar-refractivity contribution in [3.05, 3.63) is 38.7 Å². The van der Waals surface area contributed by atoms with E-state index in [1.54, 1.807) is 19.1 Å². The minimum Gasteiger partial charge on any atom is -0.359 e. The number of hydrogen-bond donors (Lipinski definition) is 1. The summed E-state index contributed by atoms with van der Waals surface area (Å²) in [6.45, 7) is 1.52. The maximum atomic E-state index is 12.6. The third-order valence-corrected chi connectivity index (χ3v) is 6.04. The van der Waals surface area contributed by atoms with Gasteiger partial charge in [0.2, 0.25) is 15.9 Å². The highest BCUT2D eigenvalue weighted by Gasteiger charge is 2.41. The van der Waals surface area contributed by atoms with Gasteiger partial charge in [0, 0.05) is 29.0 Å². The summed E-state index contributed by atoms with van der Waals surface area (Å²) < 4.78 is 27.2. The maximum absolute atomic E-state index is 12.6. The number of azide groups is 1. The topological polar surface area (TPSA) is 115 Å². The summed E-state index contributed by atoms with van der Waals surface area (Å²) in [6, 6.07) is 3.34. The Balaban J connectivity index is 2.41. The van der Waals surface area contributed by atoms with Gasteiger partial charge in [0.1, 0.15) is 6.04 Å². The molecule has 0 radical (unpaired) electrons. The predicted octanol–water partition coefficient (Wildman–Crippen LogP) is 1.94. The zero-order valence-corrected chi connectivity index (χ0v) is 14.3. The summed E-state index contributed by atoms with van der Waals surface area (Å²) in [6.07, 6.45) is 0. The van der Waals surface area contributed by atoms with Crippen LogP contribution in [0, 0.1) is 0 Å². The Morgan fingerprint density at radius 1 is 1.59 bits per heavy atom. The van der Waals surface area contributed by atoms with Gasteiger partial charge >= 0.3 is 0 Å². The van der Waals surface area contributed by atoms with Gasteiger partial charge in [0.15, 0.2) is 0 Å². The first kappa shape index (κ1) is 16.8. The SMILES string of the molecule is CNC(=O)C(CN1C(C)c2cc(Br)ccc2S1(=O)=O)N=[N+]=[N-]. The Labute approximate surface area is 136 Å². The van der Waals surface area contributed by atoms with Crippen molar-refractivity contribution in [2.24, 2.45) is 5.11 Å². The van der Waals surface area contributed by atoms with Crippen LogP contribution in [-0.4, -0.2) is 38.3 Å². The molecular formula is C12H14BrN5O3S. The average Bonchev–Trinajstić information content (AvgIpc) is 2.66. The summed E-state index contributed by atoms with van der Waals surface area (Å²) in [4.78, 5) is 14.6. The first-order valence-electron chi connectivity index (χ1n) is 6.40. The van der Waals surface area contributed by atoms with Crippen molar-refractivity contribution in [2.75, 3.05) is 13.6 Å². The second kappa shape index (κ2) is 6.25. The van der Waals surface area contributed by atoms with Gasteiger partial charge < -0.3 is 5.32 Å².